The second-order valence-corrected chi connectivity index (χ2v) is 7.84. The Balaban J connectivity index is 1.36. The number of hydrogen-bond donors (Lipinski definition) is 1. The topological polar surface area (TPSA) is 81.2 Å². The first-order chi connectivity index (χ1) is 12.2. The quantitative estimate of drug-likeness (QED) is 0.360. The Morgan fingerprint density at radius 3 is 2.96 bits per heavy atom. The highest BCUT2D eigenvalue weighted by Gasteiger charge is 2.11. The van der Waals surface area contributed by atoms with E-state index >= 15 is 0 Å². The minimum absolute atomic E-state index is 0.102. The largest absolute Gasteiger partial charge is 0.455 e. The van der Waals surface area contributed by atoms with Gasteiger partial charge in [-0.3, -0.25) is 9.59 Å². The van der Waals surface area contributed by atoms with Gasteiger partial charge >= 0.3 is 5.97 Å². The van der Waals surface area contributed by atoms with E-state index in [9.17, 15) is 9.59 Å². The Morgan fingerprint density at radius 1 is 1.20 bits per heavy atom. The molecule has 0 radical (unpaired) electrons. The van der Waals surface area contributed by atoms with Gasteiger partial charge in [0.15, 0.2) is 6.61 Å². The molecule has 0 aliphatic rings. The van der Waals surface area contributed by atoms with Gasteiger partial charge in [0.05, 0.1) is 5.75 Å². The van der Waals surface area contributed by atoms with Crippen molar-refractivity contribution in [3.8, 4) is 0 Å². The lowest BCUT2D eigenvalue weighted by atomic mass is 10.3. The van der Waals surface area contributed by atoms with Crippen LogP contribution in [0.3, 0.4) is 0 Å². The van der Waals surface area contributed by atoms with Crippen LogP contribution in [0.25, 0.3) is 10.2 Å². The van der Waals surface area contributed by atoms with Crippen molar-refractivity contribution in [2.75, 3.05) is 18.9 Å². The van der Waals surface area contributed by atoms with Crippen LogP contribution in [0.15, 0.2) is 40.3 Å². The Morgan fingerprint density at radius 2 is 2.12 bits per heavy atom. The van der Waals surface area contributed by atoms with E-state index in [-0.39, 0.29) is 18.3 Å². The molecule has 0 unspecified atom stereocenters. The molecule has 0 aliphatic carbocycles. The summed E-state index contributed by atoms with van der Waals surface area (Å²) in [5.41, 5.74) is 0. The Hall–Kier alpha value is -1.97. The number of thioether (sulfide) groups is 1. The molecule has 0 atom stereocenters. The summed E-state index contributed by atoms with van der Waals surface area (Å²) < 4.78 is 5.00. The SMILES string of the molecule is O=C(COC(=O)CSc1ncnc2sccc12)NCCc1cccs1. The van der Waals surface area contributed by atoms with E-state index in [0.29, 0.717) is 6.54 Å². The number of carbonyl (C=O) groups is 2. The fourth-order valence-electron chi connectivity index (χ4n) is 2.03. The molecule has 0 aliphatic heterocycles. The van der Waals surface area contributed by atoms with E-state index in [0.717, 1.165) is 21.7 Å². The van der Waals surface area contributed by atoms with Crippen molar-refractivity contribution in [3.63, 3.8) is 0 Å². The van der Waals surface area contributed by atoms with E-state index in [1.165, 1.54) is 34.3 Å². The van der Waals surface area contributed by atoms with Crippen molar-refractivity contribution < 1.29 is 14.3 Å². The molecule has 0 bridgehead atoms. The predicted molar refractivity (Wildman–Crippen MR) is 100 cm³/mol. The third-order valence-corrected chi connectivity index (χ3v) is 5.93. The average Bonchev–Trinajstić information content (AvgIpc) is 3.29. The van der Waals surface area contributed by atoms with Gasteiger partial charge in [-0.05, 0) is 29.3 Å². The lowest BCUT2D eigenvalue weighted by Gasteiger charge is -2.06. The van der Waals surface area contributed by atoms with Gasteiger partial charge in [0.1, 0.15) is 16.2 Å². The highest BCUT2D eigenvalue weighted by Crippen LogP contribution is 2.27. The second-order valence-electron chi connectivity index (χ2n) is 4.95. The fraction of sp³-hybridized carbons (Fsp3) is 0.250. The molecule has 130 valence electrons. The van der Waals surface area contributed by atoms with Crippen LogP contribution in [0.4, 0.5) is 0 Å². The first-order valence-corrected chi connectivity index (χ1v) is 10.2. The third kappa shape index (κ3) is 5.25. The van der Waals surface area contributed by atoms with Crippen LogP contribution in [-0.4, -0.2) is 40.7 Å². The van der Waals surface area contributed by atoms with Crippen LogP contribution in [0.2, 0.25) is 0 Å². The van der Waals surface area contributed by atoms with Gasteiger partial charge in [0, 0.05) is 16.8 Å². The minimum atomic E-state index is -0.444. The number of nitrogens with one attached hydrogen (secondary N) is 1. The number of ether oxygens (including phenoxy) is 1. The molecular formula is C16H15N3O3S3. The summed E-state index contributed by atoms with van der Waals surface area (Å²) in [4.78, 5) is 33.9. The Kier molecular flexibility index (Phi) is 6.37. The molecular weight excluding hydrogens is 378 g/mol. The van der Waals surface area contributed by atoms with Crippen molar-refractivity contribution in [2.24, 2.45) is 0 Å². The Labute approximate surface area is 156 Å². The van der Waals surface area contributed by atoms with Crippen LogP contribution < -0.4 is 5.32 Å². The molecule has 6 nitrogen and oxygen atoms in total. The summed E-state index contributed by atoms with van der Waals surface area (Å²) in [6.45, 7) is 0.268. The lowest BCUT2D eigenvalue weighted by Crippen LogP contribution is -2.30. The monoisotopic (exact) mass is 393 g/mol. The van der Waals surface area contributed by atoms with Gasteiger partial charge in [-0.25, -0.2) is 9.97 Å². The highest BCUT2D eigenvalue weighted by molar-refractivity contribution is 8.00. The maximum absolute atomic E-state index is 11.8. The van der Waals surface area contributed by atoms with Crippen LogP contribution in [-0.2, 0) is 20.7 Å². The number of aromatic nitrogens is 2. The van der Waals surface area contributed by atoms with Crippen molar-refractivity contribution >= 4 is 56.5 Å². The molecule has 25 heavy (non-hydrogen) atoms. The maximum atomic E-state index is 11.8. The zero-order chi connectivity index (χ0) is 17.5. The molecule has 1 amide bonds. The van der Waals surface area contributed by atoms with Gasteiger partial charge in [0.25, 0.3) is 5.91 Å². The van der Waals surface area contributed by atoms with Crippen LogP contribution in [0.1, 0.15) is 4.88 Å². The van der Waals surface area contributed by atoms with Gasteiger partial charge in [-0.1, -0.05) is 17.8 Å². The zero-order valence-corrected chi connectivity index (χ0v) is 15.6. The van der Waals surface area contributed by atoms with Crippen LogP contribution in [0.5, 0.6) is 0 Å². The summed E-state index contributed by atoms with van der Waals surface area (Å²) >= 11 is 4.45. The molecule has 3 aromatic heterocycles. The van der Waals surface area contributed by atoms with E-state index in [4.69, 9.17) is 4.74 Å². The number of amides is 1. The summed E-state index contributed by atoms with van der Waals surface area (Å²) in [7, 11) is 0. The maximum Gasteiger partial charge on any atom is 0.316 e. The molecule has 0 fully saturated rings. The number of esters is 1. The van der Waals surface area contributed by atoms with Gasteiger partial charge in [-0.2, -0.15) is 0 Å². The molecule has 3 rings (SSSR count). The average molecular weight is 394 g/mol. The van der Waals surface area contributed by atoms with Crippen molar-refractivity contribution in [3.05, 3.63) is 40.2 Å². The summed E-state index contributed by atoms with van der Waals surface area (Å²) in [6, 6.07) is 5.92. The number of carbonyl (C=O) groups excluding carboxylic acids is 2. The number of fused-ring (bicyclic) bond motifs is 1. The Bertz CT molecular complexity index is 849. The first-order valence-electron chi connectivity index (χ1n) is 7.48. The van der Waals surface area contributed by atoms with Crippen LogP contribution in [0, 0.1) is 0 Å². The standard InChI is InChI=1S/C16H15N3O3S3/c20-13(17-5-3-11-2-1-6-23-11)8-22-14(21)9-25-16-12-4-7-24-15(12)18-10-19-16/h1-2,4,6-7,10H,3,5,8-9H2,(H,17,20). The molecule has 3 heterocycles. The molecule has 0 aromatic carbocycles. The van der Waals surface area contributed by atoms with Crippen molar-refractivity contribution in [1.29, 1.82) is 0 Å². The second kappa shape index (κ2) is 8.93. The van der Waals surface area contributed by atoms with Gasteiger partial charge < -0.3 is 10.1 Å². The molecule has 0 saturated heterocycles. The van der Waals surface area contributed by atoms with E-state index < -0.39 is 5.97 Å². The van der Waals surface area contributed by atoms with Gasteiger partial charge in [0.2, 0.25) is 0 Å². The summed E-state index contributed by atoms with van der Waals surface area (Å²) in [6.07, 6.45) is 2.26. The zero-order valence-electron chi connectivity index (χ0n) is 13.1. The molecule has 9 heteroatoms. The number of nitrogens with zero attached hydrogens (tertiary/aromatic N) is 2. The highest BCUT2D eigenvalue weighted by atomic mass is 32.2. The number of rotatable bonds is 8. The van der Waals surface area contributed by atoms with Crippen molar-refractivity contribution in [1.82, 2.24) is 15.3 Å². The van der Waals surface area contributed by atoms with E-state index in [1.54, 1.807) is 11.3 Å². The smallest absolute Gasteiger partial charge is 0.316 e. The first kappa shape index (κ1) is 17.8. The molecule has 0 spiro atoms. The van der Waals surface area contributed by atoms with Crippen molar-refractivity contribution in [2.45, 2.75) is 11.4 Å². The van der Waals surface area contributed by atoms with E-state index in [2.05, 4.69) is 15.3 Å². The predicted octanol–water partition coefficient (Wildman–Crippen LogP) is 2.75. The number of thiophene rings is 2. The van der Waals surface area contributed by atoms with Gasteiger partial charge in [-0.15, -0.1) is 22.7 Å². The molecule has 3 aromatic rings. The van der Waals surface area contributed by atoms with Crippen LogP contribution >= 0.6 is 34.4 Å². The summed E-state index contributed by atoms with van der Waals surface area (Å²) in [5.74, 6) is -0.637. The third-order valence-electron chi connectivity index (χ3n) is 3.19. The minimum Gasteiger partial charge on any atom is -0.455 e. The molecule has 0 saturated carbocycles. The fourth-order valence-corrected chi connectivity index (χ4v) is 4.31. The lowest BCUT2D eigenvalue weighted by molar-refractivity contribution is -0.145. The molecule has 1 N–H and O–H groups in total. The number of hydrogen-bond acceptors (Lipinski definition) is 8. The normalized spacial score (nSPS) is 10.7. The summed E-state index contributed by atoms with van der Waals surface area (Å²) in [5, 5.41) is 8.33. The van der Waals surface area contributed by atoms with E-state index in [1.807, 2.05) is 29.0 Å².